The van der Waals surface area contributed by atoms with Crippen LogP contribution in [0.2, 0.25) is 5.02 Å². The maximum atomic E-state index is 12.5. The van der Waals surface area contributed by atoms with Gasteiger partial charge in [-0.05, 0) is 58.7 Å². The van der Waals surface area contributed by atoms with E-state index < -0.39 is 5.60 Å². The van der Waals surface area contributed by atoms with Crippen LogP contribution in [0.25, 0.3) is 0 Å². The fourth-order valence-corrected chi connectivity index (χ4v) is 4.30. The third-order valence-corrected chi connectivity index (χ3v) is 6.35. The molecule has 8 nitrogen and oxygen atoms in total. The van der Waals surface area contributed by atoms with Crippen molar-refractivity contribution in [2.24, 2.45) is 5.41 Å². The molecule has 2 heterocycles. The number of nitrogens with zero attached hydrogens (tertiary/aromatic N) is 4. The summed E-state index contributed by atoms with van der Waals surface area (Å²) in [6.07, 6.45) is 3.89. The van der Waals surface area contributed by atoms with Gasteiger partial charge >= 0.3 is 6.09 Å². The predicted octanol–water partition coefficient (Wildman–Crippen LogP) is 5.22. The van der Waals surface area contributed by atoms with Crippen LogP contribution in [0.1, 0.15) is 51.2 Å². The van der Waals surface area contributed by atoms with Crippen molar-refractivity contribution in [1.82, 2.24) is 14.9 Å². The minimum Gasteiger partial charge on any atom is -0.473 e. The minimum atomic E-state index is -0.513. The quantitative estimate of drug-likeness (QED) is 0.654. The van der Waals surface area contributed by atoms with E-state index in [4.69, 9.17) is 26.3 Å². The van der Waals surface area contributed by atoms with Gasteiger partial charge in [0, 0.05) is 24.9 Å². The molecule has 0 bridgehead atoms. The monoisotopic (exact) mass is 469 g/mol. The second kappa shape index (κ2) is 8.71. The molecule has 4 rings (SSSR count). The topological polar surface area (TPSA) is 100 Å². The number of hydrogen-bond donors (Lipinski definition) is 1. The van der Waals surface area contributed by atoms with Crippen molar-refractivity contribution >= 4 is 29.2 Å². The zero-order chi connectivity index (χ0) is 23.8. The Hall–Kier alpha value is -3.05. The highest BCUT2D eigenvalue weighted by Gasteiger charge is 2.55. The molecule has 0 radical (unpaired) electrons. The van der Waals surface area contributed by atoms with E-state index in [1.54, 1.807) is 23.1 Å². The van der Waals surface area contributed by atoms with Crippen LogP contribution in [-0.2, 0) is 4.74 Å². The van der Waals surface area contributed by atoms with Crippen LogP contribution in [0, 0.1) is 23.7 Å². The van der Waals surface area contributed by atoms with E-state index in [1.807, 2.05) is 27.7 Å². The summed E-state index contributed by atoms with van der Waals surface area (Å²) in [6.45, 7) is 8.73. The average Bonchev–Trinajstić information content (AvgIpc) is 3.52. The molecule has 1 aliphatic heterocycles. The number of piperidine rings is 1. The van der Waals surface area contributed by atoms with E-state index in [0.717, 1.165) is 18.4 Å². The van der Waals surface area contributed by atoms with Crippen LogP contribution < -0.4 is 10.1 Å². The van der Waals surface area contributed by atoms with Crippen molar-refractivity contribution in [3.05, 3.63) is 40.7 Å². The van der Waals surface area contributed by atoms with Crippen LogP contribution in [0.3, 0.4) is 0 Å². The van der Waals surface area contributed by atoms with Crippen molar-refractivity contribution in [1.29, 1.82) is 5.26 Å². The van der Waals surface area contributed by atoms with Gasteiger partial charge in [-0.1, -0.05) is 11.6 Å². The number of aromatic nitrogens is 2. The number of carbonyl (C=O) groups excluding carboxylic acids is 1. The predicted molar refractivity (Wildman–Crippen MR) is 125 cm³/mol. The number of likely N-dealkylation sites (tertiary alicyclic amines) is 1. The molecule has 33 heavy (non-hydrogen) atoms. The van der Waals surface area contributed by atoms with Crippen molar-refractivity contribution in [2.45, 2.75) is 58.7 Å². The molecule has 1 aromatic heterocycles. The summed E-state index contributed by atoms with van der Waals surface area (Å²) in [5.41, 5.74) is 1.33. The highest BCUT2D eigenvalue weighted by molar-refractivity contribution is 6.33. The van der Waals surface area contributed by atoms with Gasteiger partial charge in [-0.15, -0.1) is 0 Å². The first-order valence-corrected chi connectivity index (χ1v) is 11.4. The van der Waals surface area contributed by atoms with Gasteiger partial charge in [0.15, 0.2) is 0 Å². The molecule has 1 aliphatic carbocycles. The Bertz CT molecular complexity index is 1100. The Kier molecular flexibility index (Phi) is 6.10. The zero-order valence-corrected chi connectivity index (χ0v) is 20.1. The molecular weight excluding hydrogens is 442 g/mol. The summed E-state index contributed by atoms with van der Waals surface area (Å²) < 4.78 is 11.9. The zero-order valence-electron chi connectivity index (χ0n) is 19.3. The number of amides is 1. The molecule has 2 aliphatic rings. The van der Waals surface area contributed by atoms with Gasteiger partial charge in [-0.3, -0.25) is 0 Å². The van der Waals surface area contributed by atoms with Gasteiger partial charge < -0.3 is 19.7 Å². The number of halogens is 1. The van der Waals surface area contributed by atoms with E-state index in [0.29, 0.717) is 47.5 Å². The molecule has 1 amide bonds. The lowest BCUT2D eigenvalue weighted by molar-refractivity contribution is -0.00969. The number of nitriles is 1. The van der Waals surface area contributed by atoms with Crippen molar-refractivity contribution in [2.75, 3.05) is 18.4 Å². The molecule has 1 atom stereocenters. The van der Waals surface area contributed by atoms with Gasteiger partial charge in [0.05, 0.1) is 27.9 Å². The Morgan fingerprint density at radius 1 is 1.33 bits per heavy atom. The highest BCUT2D eigenvalue weighted by Crippen LogP contribution is 2.53. The smallest absolute Gasteiger partial charge is 0.410 e. The van der Waals surface area contributed by atoms with Crippen molar-refractivity contribution in [3.63, 3.8) is 0 Å². The number of anilines is 2. The fourth-order valence-electron chi connectivity index (χ4n) is 4.07. The van der Waals surface area contributed by atoms with E-state index >= 15 is 0 Å². The fraction of sp³-hybridized carbons (Fsp3) is 0.500. The molecule has 1 saturated heterocycles. The molecule has 1 N–H and O–H groups in total. The molecule has 1 aromatic carbocycles. The average molecular weight is 470 g/mol. The highest BCUT2D eigenvalue weighted by atomic mass is 35.5. The summed E-state index contributed by atoms with van der Waals surface area (Å²) in [7, 11) is 0. The lowest BCUT2D eigenvalue weighted by Crippen LogP contribution is -2.50. The Labute approximate surface area is 198 Å². The first kappa shape index (κ1) is 23.1. The standard InChI is InChI=1S/C24H28ClN5O3/c1-15-20(29-18-6-5-16(12-26)11-17(18)25)27-14-28-21(15)32-19-7-10-30(13-24(19)8-9-24)22(31)33-23(2,3)4/h5-6,11,14,19H,7-10,13H2,1-4H3,(H,27,28,29). The first-order chi connectivity index (χ1) is 15.6. The minimum absolute atomic E-state index is 0.0314. The number of hydrogen-bond acceptors (Lipinski definition) is 7. The van der Waals surface area contributed by atoms with Crippen LogP contribution >= 0.6 is 11.6 Å². The number of benzene rings is 1. The summed E-state index contributed by atoms with van der Waals surface area (Å²) in [5, 5.41) is 12.7. The number of rotatable bonds is 4. The van der Waals surface area contributed by atoms with Gasteiger partial charge in [0.2, 0.25) is 5.88 Å². The van der Waals surface area contributed by atoms with E-state index in [9.17, 15) is 4.79 Å². The first-order valence-electron chi connectivity index (χ1n) is 11.0. The molecule has 1 unspecified atom stereocenters. The van der Waals surface area contributed by atoms with Gasteiger partial charge in [0.25, 0.3) is 0 Å². The van der Waals surface area contributed by atoms with E-state index in [-0.39, 0.29) is 17.6 Å². The van der Waals surface area contributed by atoms with Gasteiger partial charge in [-0.2, -0.15) is 5.26 Å². The van der Waals surface area contributed by atoms with Crippen LogP contribution in [0.5, 0.6) is 5.88 Å². The van der Waals surface area contributed by atoms with Crippen molar-refractivity contribution in [3.8, 4) is 11.9 Å². The number of ether oxygens (including phenoxy) is 2. The SMILES string of the molecule is Cc1c(Nc2ccc(C#N)cc2Cl)ncnc1OC1CCN(C(=O)OC(C)(C)C)CC12CC2. The molecule has 2 fully saturated rings. The second-order valence-corrected chi connectivity index (χ2v) is 10.2. The van der Waals surface area contributed by atoms with E-state index in [1.165, 1.54) is 6.33 Å². The van der Waals surface area contributed by atoms with Crippen molar-refractivity contribution < 1.29 is 14.3 Å². The number of nitrogens with one attached hydrogen (secondary N) is 1. The largest absolute Gasteiger partial charge is 0.473 e. The number of carbonyl (C=O) groups is 1. The van der Waals surface area contributed by atoms with Crippen LogP contribution in [0.4, 0.5) is 16.3 Å². The molecular formula is C24H28ClN5O3. The lowest BCUT2D eigenvalue weighted by Gasteiger charge is -2.39. The molecule has 2 aromatic rings. The lowest BCUT2D eigenvalue weighted by atomic mass is 9.91. The third kappa shape index (κ3) is 5.14. The normalized spacial score (nSPS) is 19.0. The Morgan fingerprint density at radius 2 is 2.09 bits per heavy atom. The van der Waals surface area contributed by atoms with E-state index in [2.05, 4.69) is 21.4 Å². The molecule has 9 heteroatoms. The Morgan fingerprint density at radius 3 is 2.73 bits per heavy atom. The second-order valence-electron chi connectivity index (χ2n) is 9.74. The van der Waals surface area contributed by atoms with Crippen LogP contribution in [-0.4, -0.2) is 45.8 Å². The Balaban J connectivity index is 1.46. The summed E-state index contributed by atoms with van der Waals surface area (Å²) in [5.74, 6) is 1.10. The third-order valence-electron chi connectivity index (χ3n) is 6.04. The maximum Gasteiger partial charge on any atom is 0.410 e. The summed E-state index contributed by atoms with van der Waals surface area (Å²) >= 11 is 6.30. The molecule has 174 valence electrons. The molecule has 1 saturated carbocycles. The van der Waals surface area contributed by atoms with Gasteiger partial charge in [-0.25, -0.2) is 14.8 Å². The summed E-state index contributed by atoms with van der Waals surface area (Å²) in [4.78, 5) is 23.0. The van der Waals surface area contributed by atoms with Crippen LogP contribution in [0.15, 0.2) is 24.5 Å². The molecule has 1 spiro atoms. The maximum absolute atomic E-state index is 12.5. The van der Waals surface area contributed by atoms with Gasteiger partial charge in [0.1, 0.15) is 23.9 Å². The summed E-state index contributed by atoms with van der Waals surface area (Å²) in [6, 6.07) is 7.11.